The molecule has 98 valence electrons. The van der Waals surface area contributed by atoms with E-state index in [1.54, 1.807) is 25.3 Å². The van der Waals surface area contributed by atoms with Gasteiger partial charge in [-0.05, 0) is 52.7 Å². The van der Waals surface area contributed by atoms with Gasteiger partial charge in [0, 0.05) is 0 Å². The van der Waals surface area contributed by atoms with Gasteiger partial charge in [-0.1, -0.05) is 12.1 Å². The van der Waals surface area contributed by atoms with Crippen LogP contribution < -0.4 is 10.1 Å². The lowest BCUT2D eigenvalue weighted by Crippen LogP contribution is -2.14. The average molecular weight is 321 g/mol. The standard InChI is InChI=1S/C14H13BrN2O2/c1-9-6-7-10(12(8-9)19-2)17-14(18)11-4-3-5-13(15)16-11/h3-8H,1-2H3,(H,17,18). The van der Waals surface area contributed by atoms with Crippen molar-refractivity contribution in [2.75, 3.05) is 12.4 Å². The van der Waals surface area contributed by atoms with Gasteiger partial charge in [0.15, 0.2) is 0 Å². The van der Waals surface area contributed by atoms with Crippen LogP contribution in [0.3, 0.4) is 0 Å². The van der Waals surface area contributed by atoms with Crippen molar-refractivity contribution in [3.63, 3.8) is 0 Å². The molecular weight excluding hydrogens is 308 g/mol. The fraction of sp³-hybridized carbons (Fsp3) is 0.143. The highest BCUT2D eigenvalue weighted by Crippen LogP contribution is 2.25. The highest BCUT2D eigenvalue weighted by molar-refractivity contribution is 9.10. The van der Waals surface area contributed by atoms with Crippen LogP contribution in [0, 0.1) is 6.92 Å². The Bertz CT molecular complexity index is 614. The van der Waals surface area contributed by atoms with Crippen molar-refractivity contribution >= 4 is 27.5 Å². The molecule has 0 atom stereocenters. The summed E-state index contributed by atoms with van der Waals surface area (Å²) in [5, 5.41) is 2.78. The Morgan fingerprint density at radius 1 is 1.32 bits per heavy atom. The highest BCUT2D eigenvalue weighted by Gasteiger charge is 2.11. The summed E-state index contributed by atoms with van der Waals surface area (Å²) in [7, 11) is 1.57. The molecule has 0 spiro atoms. The predicted octanol–water partition coefficient (Wildman–Crippen LogP) is 3.41. The van der Waals surface area contributed by atoms with Crippen LogP contribution in [-0.4, -0.2) is 18.0 Å². The summed E-state index contributed by atoms with van der Waals surface area (Å²) in [6.45, 7) is 1.96. The van der Waals surface area contributed by atoms with E-state index in [2.05, 4.69) is 26.2 Å². The van der Waals surface area contributed by atoms with E-state index < -0.39 is 0 Å². The molecule has 0 unspecified atom stereocenters. The molecule has 1 amide bonds. The van der Waals surface area contributed by atoms with Gasteiger partial charge in [-0.15, -0.1) is 0 Å². The minimum absolute atomic E-state index is 0.275. The third-order valence-corrected chi connectivity index (χ3v) is 2.99. The van der Waals surface area contributed by atoms with E-state index in [-0.39, 0.29) is 5.91 Å². The van der Waals surface area contributed by atoms with Gasteiger partial charge >= 0.3 is 0 Å². The molecule has 4 nitrogen and oxygen atoms in total. The van der Waals surface area contributed by atoms with Crippen LogP contribution in [0.15, 0.2) is 41.0 Å². The zero-order chi connectivity index (χ0) is 13.8. The summed E-state index contributed by atoms with van der Waals surface area (Å²) in [6, 6.07) is 10.8. The number of hydrogen-bond donors (Lipinski definition) is 1. The van der Waals surface area contributed by atoms with E-state index in [4.69, 9.17) is 4.74 Å². The Kier molecular flexibility index (Phi) is 4.16. The first kappa shape index (κ1) is 13.5. The van der Waals surface area contributed by atoms with Gasteiger partial charge in [-0.3, -0.25) is 4.79 Å². The molecule has 1 aromatic heterocycles. The summed E-state index contributed by atoms with van der Waals surface area (Å²) in [6.07, 6.45) is 0. The van der Waals surface area contributed by atoms with Gasteiger partial charge in [0.25, 0.3) is 5.91 Å². The number of carbonyl (C=O) groups excluding carboxylic acids is 1. The highest BCUT2D eigenvalue weighted by atomic mass is 79.9. The fourth-order valence-corrected chi connectivity index (χ4v) is 1.97. The molecule has 2 aromatic rings. The number of methoxy groups -OCH3 is 1. The van der Waals surface area contributed by atoms with E-state index in [1.165, 1.54) is 0 Å². The van der Waals surface area contributed by atoms with Crippen LogP contribution in [-0.2, 0) is 0 Å². The van der Waals surface area contributed by atoms with Gasteiger partial charge in [-0.25, -0.2) is 4.98 Å². The molecule has 0 saturated heterocycles. The number of halogens is 1. The molecule has 0 aliphatic carbocycles. The maximum atomic E-state index is 12.1. The number of aromatic nitrogens is 1. The lowest BCUT2D eigenvalue weighted by Gasteiger charge is -2.10. The Hall–Kier alpha value is -1.88. The minimum atomic E-state index is -0.275. The smallest absolute Gasteiger partial charge is 0.274 e. The molecule has 0 bridgehead atoms. The second kappa shape index (κ2) is 5.84. The van der Waals surface area contributed by atoms with Crippen LogP contribution in [0.5, 0.6) is 5.75 Å². The van der Waals surface area contributed by atoms with Crippen LogP contribution in [0.1, 0.15) is 16.1 Å². The lowest BCUT2D eigenvalue weighted by molar-refractivity contribution is 0.102. The molecule has 19 heavy (non-hydrogen) atoms. The first-order valence-electron chi connectivity index (χ1n) is 5.68. The monoisotopic (exact) mass is 320 g/mol. The SMILES string of the molecule is COc1cc(C)ccc1NC(=O)c1cccc(Br)n1. The van der Waals surface area contributed by atoms with Gasteiger partial charge in [0.2, 0.25) is 0 Å². The van der Waals surface area contributed by atoms with Gasteiger partial charge in [0.05, 0.1) is 12.8 Å². The summed E-state index contributed by atoms with van der Waals surface area (Å²) < 4.78 is 5.86. The molecule has 0 saturated carbocycles. The number of benzene rings is 1. The molecule has 0 aliphatic heterocycles. The Labute approximate surface area is 119 Å². The number of rotatable bonds is 3. The number of ether oxygens (including phenoxy) is 1. The first-order chi connectivity index (χ1) is 9.10. The van der Waals surface area contributed by atoms with E-state index in [0.717, 1.165) is 5.56 Å². The number of nitrogens with one attached hydrogen (secondary N) is 1. The van der Waals surface area contributed by atoms with E-state index >= 15 is 0 Å². The zero-order valence-electron chi connectivity index (χ0n) is 10.6. The lowest BCUT2D eigenvalue weighted by atomic mass is 10.2. The average Bonchev–Trinajstić information content (AvgIpc) is 2.40. The first-order valence-corrected chi connectivity index (χ1v) is 6.48. The molecule has 1 N–H and O–H groups in total. The van der Waals surface area contributed by atoms with Crippen molar-refractivity contribution in [1.29, 1.82) is 0 Å². The Morgan fingerprint density at radius 2 is 2.11 bits per heavy atom. The van der Waals surface area contributed by atoms with Crippen LogP contribution in [0.25, 0.3) is 0 Å². The quantitative estimate of drug-likeness (QED) is 0.882. The normalized spacial score (nSPS) is 10.1. The van der Waals surface area contributed by atoms with Crippen molar-refractivity contribution < 1.29 is 9.53 Å². The number of nitrogens with zero attached hydrogens (tertiary/aromatic N) is 1. The molecule has 1 heterocycles. The Morgan fingerprint density at radius 3 is 2.79 bits per heavy atom. The second-order valence-electron chi connectivity index (χ2n) is 4.00. The summed E-state index contributed by atoms with van der Waals surface area (Å²) in [5.41, 5.74) is 2.03. The molecular formula is C14H13BrN2O2. The van der Waals surface area contributed by atoms with E-state index in [0.29, 0.717) is 21.7 Å². The van der Waals surface area contributed by atoms with Crippen LogP contribution >= 0.6 is 15.9 Å². The Balaban J connectivity index is 2.24. The summed E-state index contributed by atoms with van der Waals surface area (Å²) in [5.74, 6) is 0.354. The molecule has 1 aromatic carbocycles. The number of aryl methyl sites for hydroxylation is 1. The fourth-order valence-electron chi connectivity index (χ4n) is 1.62. The summed E-state index contributed by atoms with van der Waals surface area (Å²) >= 11 is 3.24. The number of amides is 1. The second-order valence-corrected chi connectivity index (χ2v) is 4.82. The predicted molar refractivity (Wildman–Crippen MR) is 77.6 cm³/mol. The molecule has 0 aliphatic rings. The molecule has 5 heteroatoms. The van der Waals surface area contributed by atoms with Crippen molar-refractivity contribution in [2.45, 2.75) is 6.92 Å². The minimum Gasteiger partial charge on any atom is -0.495 e. The van der Waals surface area contributed by atoms with E-state index in [1.807, 2.05) is 25.1 Å². The molecule has 0 radical (unpaired) electrons. The topological polar surface area (TPSA) is 51.2 Å². The van der Waals surface area contributed by atoms with Crippen LogP contribution in [0.2, 0.25) is 0 Å². The third kappa shape index (κ3) is 3.32. The number of hydrogen-bond acceptors (Lipinski definition) is 3. The third-order valence-electron chi connectivity index (χ3n) is 2.55. The van der Waals surface area contributed by atoms with Crippen molar-refractivity contribution in [3.8, 4) is 5.75 Å². The van der Waals surface area contributed by atoms with Gasteiger partial charge in [-0.2, -0.15) is 0 Å². The van der Waals surface area contributed by atoms with Gasteiger partial charge < -0.3 is 10.1 Å². The van der Waals surface area contributed by atoms with E-state index in [9.17, 15) is 4.79 Å². The largest absolute Gasteiger partial charge is 0.495 e. The summed E-state index contributed by atoms with van der Waals surface area (Å²) in [4.78, 5) is 16.2. The maximum Gasteiger partial charge on any atom is 0.274 e. The van der Waals surface area contributed by atoms with Crippen molar-refractivity contribution in [3.05, 3.63) is 52.3 Å². The molecule has 0 fully saturated rings. The number of carbonyl (C=O) groups is 1. The van der Waals surface area contributed by atoms with Gasteiger partial charge in [0.1, 0.15) is 16.0 Å². The maximum absolute atomic E-state index is 12.1. The number of pyridine rings is 1. The zero-order valence-corrected chi connectivity index (χ0v) is 12.2. The molecule has 2 rings (SSSR count). The van der Waals surface area contributed by atoms with Crippen LogP contribution in [0.4, 0.5) is 5.69 Å². The van der Waals surface area contributed by atoms with Crippen molar-refractivity contribution in [1.82, 2.24) is 4.98 Å². The van der Waals surface area contributed by atoms with Crippen molar-refractivity contribution in [2.24, 2.45) is 0 Å². The number of anilines is 1.